The molecule has 1 N–H and O–H groups in total. The molecule has 3 aromatic rings. The first kappa shape index (κ1) is 21.1. The van der Waals surface area contributed by atoms with Crippen molar-refractivity contribution in [2.45, 2.75) is 26.7 Å². The van der Waals surface area contributed by atoms with E-state index in [4.69, 9.17) is 13.9 Å². The van der Waals surface area contributed by atoms with E-state index >= 15 is 0 Å². The molecule has 1 aromatic heterocycles. The Morgan fingerprint density at radius 2 is 1.90 bits per heavy atom. The molecule has 0 fully saturated rings. The van der Waals surface area contributed by atoms with Crippen LogP contribution < -0.4 is 20.4 Å². The quantitative estimate of drug-likeness (QED) is 0.264. The molecule has 7 nitrogen and oxygen atoms in total. The van der Waals surface area contributed by atoms with Crippen LogP contribution in [0.1, 0.15) is 35.7 Å². The number of para-hydroxylation sites is 1. The molecule has 0 atom stereocenters. The van der Waals surface area contributed by atoms with Gasteiger partial charge in [-0.1, -0.05) is 18.2 Å². The smallest absolute Gasteiger partial charge is 0.349 e. The van der Waals surface area contributed by atoms with Crippen molar-refractivity contribution in [1.82, 2.24) is 5.32 Å². The molecule has 0 aliphatic carbocycles. The van der Waals surface area contributed by atoms with Crippen molar-refractivity contribution in [3.63, 3.8) is 0 Å². The summed E-state index contributed by atoms with van der Waals surface area (Å²) in [6.07, 6.45) is 0.690. The van der Waals surface area contributed by atoms with Crippen molar-refractivity contribution >= 4 is 22.8 Å². The molecule has 2 aromatic carbocycles. The molecule has 0 radical (unpaired) electrons. The zero-order chi connectivity index (χ0) is 21.5. The Bertz CT molecular complexity index is 1120. The molecule has 0 aliphatic rings. The summed E-state index contributed by atoms with van der Waals surface area (Å²) in [5.74, 6) is 0.157. The third-order valence-corrected chi connectivity index (χ3v) is 4.40. The molecule has 30 heavy (non-hydrogen) atoms. The highest BCUT2D eigenvalue weighted by Gasteiger charge is 2.14. The minimum absolute atomic E-state index is 0.0669. The Kier molecular flexibility index (Phi) is 6.85. The maximum absolute atomic E-state index is 12.1. The van der Waals surface area contributed by atoms with Crippen molar-refractivity contribution in [2.24, 2.45) is 0 Å². The number of ether oxygens (including phenoxy) is 2. The van der Waals surface area contributed by atoms with Gasteiger partial charge in [-0.25, -0.2) is 4.79 Å². The van der Waals surface area contributed by atoms with Crippen LogP contribution in [0.2, 0.25) is 0 Å². The van der Waals surface area contributed by atoms with Gasteiger partial charge >= 0.3 is 11.6 Å². The molecule has 1 amide bonds. The number of hydrogen-bond donors (Lipinski definition) is 1. The fraction of sp³-hybridized carbons (Fsp3) is 0.261. The molecule has 0 bridgehead atoms. The first-order chi connectivity index (χ1) is 14.5. The molecule has 1 heterocycles. The number of carbonyl (C=O) groups excluding carboxylic acids is 2. The maximum atomic E-state index is 12.1. The summed E-state index contributed by atoms with van der Waals surface area (Å²) in [7, 11) is 0. The Hall–Kier alpha value is -3.61. The molecular weight excluding hydrogens is 386 g/mol. The average Bonchev–Trinajstić information content (AvgIpc) is 2.72. The van der Waals surface area contributed by atoms with Gasteiger partial charge in [0.2, 0.25) is 0 Å². The molecule has 0 spiro atoms. The highest BCUT2D eigenvalue weighted by Crippen LogP contribution is 2.21. The zero-order valence-electron chi connectivity index (χ0n) is 16.9. The van der Waals surface area contributed by atoms with Crippen LogP contribution in [0.5, 0.6) is 11.5 Å². The lowest BCUT2D eigenvalue weighted by atomic mass is 10.1. The molecule has 0 saturated heterocycles. The predicted molar refractivity (Wildman–Crippen MR) is 112 cm³/mol. The third-order valence-electron chi connectivity index (χ3n) is 4.40. The lowest BCUT2D eigenvalue weighted by molar-refractivity contribution is -0.134. The van der Waals surface area contributed by atoms with Gasteiger partial charge in [0.15, 0.2) is 0 Å². The normalized spacial score (nSPS) is 10.6. The average molecular weight is 409 g/mol. The Balaban J connectivity index is 1.58. The summed E-state index contributed by atoms with van der Waals surface area (Å²) < 4.78 is 16.2. The van der Waals surface area contributed by atoms with Gasteiger partial charge in [-0.05, 0) is 50.1 Å². The Morgan fingerprint density at radius 1 is 1.10 bits per heavy atom. The SMILES string of the molecule is CCNC(=O)c1cc2ccc(OC(=O)CCCOc3ccccc3C)cc2oc1=O. The van der Waals surface area contributed by atoms with Gasteiger partial charge in [-0.15, -0.1) is 0 Å². The second kappa shape index (κ2) is 9.73. The fourth-order valence-corrected chi connectivity index (χ4v) is 2.87. The van der Waals surface area contributed by atoms with Crippen molar-refractivity contribution < 1.29 is 23.5 Å². The van der Waals surface area contributed by atoms with E-state index in [0.29, 0.717) is 25.0 Å². The number of carbonyl (C=O) groups is 2. The molecule has 0 aliphatic heterocycles. The van der Waals surface area contributed by atoms with Crippen LogP contribution in [0.25, 0.3) is 11.0 Å². The standard InChI is InChI=1S/C23H23NO6/c1-3-24-22(26)18-13-16-10-11-17(14-20(16)30-23(18)27)29-21(25)9-6-12-28-19-8-5-4-7-15(19)2/h4-5,7-8,10-11,13-14H,3,6,9,12H2,1-2H3,(H,24,26). The summed E-state index contributed by atoms with van der Waals surface area (Å²) in [5, 5.41) is 3.12. The summed E-state index contributed by atoms with van der Waals surface area (Å²) in [5.41, 5.74) is 0.460. The van der Waals surface area contributed by atoms with E-state index in [2.05, 4.69) is 5.32 Å². The summed E-state index contributed by atoms with van der Waals surface area (Å²) in [4.78, 5) is 36.0. The van der Waals surface area contributed by atoms with Gasteiger partial charge in [-0.3, -0.25) is 9.59 Å². The second-order valence-electron chi connectivity index (χ2n) is 6.70. The largest absolute Gasteiger partial charge is 0.493 e. The highest BCUT2D eigenvalue weighted by molar-refractivity contribution is 5.96. The molecular formula is C23H23NO6. The van der Waals surface area contributed by atoms with Crippen LogP contribution in [-0.2, 0) is 4.79 Å². The van der Waals surface area contributed by atoms with Gasteiger partial charge in [0.05, 0.1) is 6.61 Å². The number of fused-ring (bicyclic) bond motifs is 1. The minimum atomic E-state index is -0.745. The second-order valence-corrected chi connectivity index (χ2v) is 6.70. The number of esters is 1. The van der Waals surface area contributed by atoms with E-state index in [1.165, 1.54) is 12.1 Å². The first-order valence-corrected chi connectivity index (χ1v) is 9.73. The molecule has 3 rings (SSSR count). The van der Waals surface area contributed by atoms with E-state index in [1.807, 2.05) is 31.2 Å². The Morgan fingerprint density at radius 3 is 2.67 bits per heavy atom. The predicted octanol–water partition coefficient (Wildman–Crippen LogP) is 3.62. The molecule has 0 saturated carbocycles. The van der Waals surface area contributed by atoms with Crippen LogP contribution in [-0.4, -0.2) is 25.0 Å². The van der Waals surface area contributed by atoms with Gasteiger partial charge < -0.3 is 19.2 Å². The number of benzene rings is 2. The lowest BCUT2D eigenvalue weighted by Gasteiger charge is -2.09. The summed E-state index contributed by atoms with van der Waals surface area (Å²) in [6, 6.07) is 13.8. The topological polar surface area (TPSA) is 94.8 Å². The van der Waals surface area contributed by atoms with Crippen LogP contribution in [0.4, 0.5) is 0 Å². The Labute approximate surface area is 173 Å². The van der Waals surface area contributed by atoms with Gasteiger partial charge in [0.1, 0.15) is 22.6 Å². The highest BCUT2D eigenvalue weighted by atomic mass is 16.5. The van der Waals surface area contributed by atoms with E-state index in [-0.39, 0.29) is 23.3 Å². The fourth-order valence-electron chi connectivity index (χ4n) is 2.87. The van der Waals surface area contributed by atoms with Gasteiger partial charge in [0, 0.05) is 24.4 Å². The van der Waals surface area contributed by atoms with Crippen LogP contribution in [0.3, 0.4) is 0 Å². The number of nitrogens with one attached hydrogen (secondary N) is 1. The molecule has 7 heteroatoms. The first-order valence-electron chi connectivity index (χ1n) is 9.73. The van der Waals surface area contributed by atoms with Crippen molar-refractivity contribution in [1.29, 1.82) is 0 Å². The van der Waals surface area contributed by atoms with E-state index in [0.717, 1.165) is 11.3 Å². The number of rotatable bonds is 8. The van der Waals surface area contributed by atoms with Crippen molar-refractivity contribution in [2.75, 3.05) is 13.2 Å². The van der Waals surface area contributed by atoms with Gasteiger partial charge in [0.25, 0.3) is 5.91 Å². The third kappa shape index (κ3) is 5.26. The molecule has 156 valence electrons. The van der Waals surface area contributed by atoms with Crippen LogP contribution in [0, 0.1) is 6.92 Å². The van der Waals surface area contributed by atoms with E-state index in [1.54, 1.807) is 19.1 Å². The molecule has 0 unspecified atom stereocenters. The maximum Gasteiger partial charge on any atom is 0.349 e. The van der Waals surface area contributed by atoms with E-state index in [9.17, 15) is 14.4 Å². The van der Waals surface area contributed by atoms with Crippen molar-refractivity contribution in [3.8, 4) is 11.5 Å². The summed E-state index contributed by atoms with van der Waals surface area (Å²) in [6.45, 7) is 4.52. The number of aryl methyl sites for hydroxylation is 1. The zero-order valence-corrected chi connectivity index (χ0v) is 16.9. The summed E-state index contributed by atoms with van der Waals surface area (Å²) >= 11 is 0. The number of amides is 1. The minimum Gasteiger partial charge on any atom is -0.493 e. The number of hydrogen-bond acceptors (Lipinski definition) is 6. The van der Waals surface area contributed by atoms with Crippen LogP contribution >= 0.6 is 0 Å². The van der Waals surface area contributed by atoms with Crippen molar-refractivity contribution in [3.05, 3.63) is 70.1 Å². The van der Waals surface area contributed by atoms with Crippen LogP contribution in [0.15, 0.2) is 57.7 Å². The monoisotopic (exact) mass is 409 g/mol. The van der Waals surface area contributed by atoms with E-state index < -0.39 is 17.5 Å². The van der Waals surface area contributed by atoms with Gasteiger partial charge in [-0.2, -0.15) is 0 Å². The lowest BCUT2D eigenvalue weighted by Crippen LogP contribution is -2.27.